The van der Waals surface area contributed by atoms with Crippen molar-refractivity contribution >= 4 is 43.9 Å². The van der Waals surface area contributed by atoms with Gasteiger partial charge in [-0.05, 0) is 24.3 Å². The predicted octanol–water partition coefficient (Wildman–Crippen LogP) is 3.67. The third kappa shape index (κ3) is 2.91. The molecule has 0 spiro atoms. The summed E-state index contributed by atoms with van der Waals surface area (Å²) in [4.78, 5) is 12.8. The van der Waals surface area contributed by atoms with Gasteiger partial charge in [-0.25, -0.2) is 12.8 Å². The Balaban J connectivity index is 2.06. The number of H-pyrrole nitrogens is 1. The van der Waals surface area contributed by atoms with Crippen LogP contribution >= 0.6 is 11.6 Å². The molecule has 3 aromatic rings. The van der Waals surface area contributed by atoms with Crippen LogP contribution in [0, 0.1) is 15.9 Å². The van der Waals surface area contributed by atoms with Crippen molar-refractivity contribution in [2.45, 2.75) is 4.90 Å². The van der Waals surface area contributed by atoms with Gasteiger partial charge >= 0.3 is 0 Å². The Morgan fingerprint density at radius 2 is 1.96 bits per heavy atom. The van der Waals surface area contributed by atoms with Crippen LogP contribution in [-0.4, -0.2) is 18.3 Å². The Morgan fingerprint density at radius 1 is 1.21 bits per heavy atom. The maximum atomic E-state index is 13.2. The molecule has 0 amide bonds. The molecule has 1 heterocycles. The van der Waals surface area contributed by atoms with Gasteiger partial charge in [0.2, 0.25) is 0 Å². The van der Waals surface area contributed by atoms with E-state index < -0.39 is 20.8 Å². The summed E-state index contributed by atoms with van der Waals surface area (Å²) in [5.41, 5.74) is 0.266. The summed E-state index contributed by atoms with van der Waals surface area (Å²) in [6.45, 7) is 0. The molecule has 0 saturated heterocycles. The summed E-state index contributed by atoms with van der Waals surface area (Å²) >= 11 is 5.63. The largest absolute Gasteiger partial charge is 0.360 e. The predicted molar refractivity (Wildman–Crippen MR) is 87.2 cm³/mol. The van der Waals surface area contributed by atoms with Gasteiger partial charge in [0.25, 0.3) is 15.7 Å². The fourth-order valence-corrected chi connectivity index (χ4v) is 3.59. The van der Waals surface area contributed by atoms with Gasteiger partial charge in [0.1, 0.15) is 10.7 Å². The number of aromatic nitrogens is 1. The molecule has 24 heavy (non-hydrogen) atoms. The maximum Gasteiger partial charge on any atom is 0.270 e. The molecule has 0 saturated carbocycles. The molecule has 0 unspecified atom stereocenters. The third-order valence-corrected chi connectivity index (χ3v) is 5.01. The van der Waals surface area contributed by atoms with Crippen LogP contribution in [-0.2, 0) is 10.0 Å². The summed E-state index contributed by atoms with van der Waals surface area (Å²) in [5, 5.41) is 10.8. The van der Waals surface area contributed by atoms with Crippen molar-refractivity contribution in [3.63, 3.8) is 0 Å². The Kier molecular flexibility index (Phi) is 3.90. The highest BCUT2D eigenvalue weighted by molar-refractivity contribution is 7.93. The minimum absolute atomic E-state index is 0.0705. The Morgan fingerprint density at radius 3 is 2.62 bits per heavy atom. The van der Waals surface area contributed by atoms with Crippen LogP contribution in [0.3, 0.4) is 0 Å². The number of hydrogen-bond donors (Lipinski definition) is 2. The Bertz CT molecular complexity index is 1070. The summed E-state index contributed by atoms with van der Waals surface area (Å²) in [6, 6.07) is 7.23. The number of sulfonamides is 1. The number of nitro groups is 1. The van der Waals surface area contributed by atoms with Gasteiger partial charge in [0.15, 0.2) is 0 Å². The molecule has 2 aromatic carbocycles. The lowest BCUT2D eigenvalue weighted by molar-refractivity contribution is -0.384. The fourth-order valence-electron chi connectivity index (χ4n) is 2.19. The van der Waals surface area contributed by atoms with Crippen molar-refractivity contribution in [2.24, 2.45) is 0 Å². The number of non-ortho nitro benzene ring substituents is 1. The average Bonchev–Trinajstić information content (AvgIpc) is 2.94. The van der Waals surface area contributed by atoms with Crippen molar-refractivity contribution in [1.29, 1.82) is 0 Å². The van der Waals surface area contributed by atoms with Gasteiger partial charge in [0.05, 0.1) is 15.6 Å². The molecule has 1 aromatic heterocycles. The quantitative estimate of drug-likeness (QED) is 0.540. The zero-order chi connectivity index (χ0) is 17.5. The van der Waals surface area contributed by atoms with Crippen molar-refractivity contribution < 1.29 is 17.7 Å². The number of anilines is 1. The normalized spacial score (nSPS) is 11.6. The molecule has 3 rings (SSSR count). The smallest absolute Gasteiger partial charge is 0.270 e. The van der Waals surface area contributed by atoms with Crippen LogP contribution < -0.4 is 4.72 Å². The van der Waals surface area contributed by atoms with E-state index in [1.165, 1.54) is 24.4 Å². The first-order valence-corrected chi connectivity index (χ1v) is 8.37. The standard InChI is InChI=1S/C14H9ClFN3O4S/c15-11-5-8(1-3-12(11)16)18-24(22,23)14-7-17-13-4-2-9(19(20)21)6-10(13)14/h1-7,17-18H. The molecule has 124 valence electrons. The van der Waals surface area contributed by atoms with E-state index in [9.17, 15) is 22.9 Å². The zero-order valence-electron chi connectivity index (χ0n) is 11.8. The van der Waals surface area contributed by atoms with E-state index >= 15 is 0 Å². The molecule has 0 aliphatic carbocycles. The van der Waals surface area contributed by atoms with Gasteiger partial charge in [-0.2, -0.15) is 0 Å². The van der Waals surface area contributed by atoms with E-state index in [2.05, 4.69) is 9.71 Å². The minimum Gasteiger partial charge on any atom is -0.360 e. The lowest BCUT2D eigenvalue weighted by Crippen LogP contribution is -2.12. The van der Waals surface area contributed by atoms with Crippen LogP contribution in [0.5, 0.6) is 0 Å². The van der Waals surface area contributed by atoms with E-state index in [0.717, 1.165) is 18.2 Å². The highest BCUT2D eigenvalue weighted by Gasteiger charge is 2.21. The van der Waals surface area contributed by atoms with E-state index in [4.69, 9.17) is 11.6 Å². The molecule has 0 fully saturated rings. The molecule has 0 aliphatic heterocycles. The SMILES string of the molecule is O=[N+]([O-])c1ccc2[nH]cc(S(=O)(=O)Nc3ccc(F)c(Cl)c3)c2c1. The van der Waals surface area contributed by atoms with E-state index in [0.29, 0.717) is 5.52 Å². The molecule has 0 radical (unpaired) electrons. The van der Waals surface area contributed by atoms with Crippen LogP contribution in [0.2, 0.25) is 5.02 Å². The second kappa shape index (κ2) is 5.77. The zero-order valence-corrected chi connectivity index (χ0v) is 13.4. The van der Waals surface area contributed by atoms with E-state index in [1.807, 2.05) is 0 Å². The topological polar surface area (TPSA) is 105 Å². The summed E-state index contributed by atoms with van der Waals surface area (Å²) in [6.07, 6.45) is 1.22. The van der Waals surface area contributed by atoms with Gasteiger partial charge in [-0.3, -0.25) is 14.8 Å². The number of nitrogens with one attached hydrogen (secondary N) is 2. The number of hydrogen-bond acceptors (Lipinski definition) is 4. The first-order valence-electron chi connectivity index (χ1n) is 6.51. The Hall–Kier alpha value is -2.65. The molecular formula is C14H9ClFN3O4S. The van der Waals surface area contributed by atoms with Crippen LogP contribution in [0.15, 0.2) is 47.5 Å². The number of rotatable bonds is 4. The second-order valence-corrected chi connectivity index (χ2v) is 6.93. The monoisotopic (exact) mass is 369 g/mol. The molecular weight excluding hydrogens is 361 g/mol. The number of aromatic amines is 1. The number of nitrogens with zero attached hydrogens (tertiary/aromatic N) is 1. The van der Waals surface area contributed by atoms with Crippen molar-refractivity contribution in [1.82, 2.24) is 4.98 Å². The Labute approximate surface area is 140 Å². The summed E-state index contributed by atoms with van der Waals surface area (Å²) < 4.78 is 40.4. The number of nitro benzene ring substituents is 1. The van der Waals surface area contributed by atoms with E-state index in [-0.39, 0.29) is 26.7 Å². The number of halogens is 2. The van der Waals surface area contributed by atoms with Gasteiger partial charge in [0, 0.05) is 29.2 Å². The molecule has 0 atom stereocenters. The lowest BCUT2D eigenvalue weighted by atomic mass is 10.2. The molecule has 2 N–H and O–H groups in total. The lowest BCUT2D eigenvalue weighted by Gasteiger charge is -2.07. The maximum absolute atomic E-state index is 13.2. The fraction of sp³-hybridized carbons (Fsp3) is 0. The average molecular weight is 370 g/mol. The van der Waals surface area contributed by atoms with Crippen molar-refractivity contribution in [2.75, 3.05) is 4.72 Å². The molecule has 10 heteroatoms. The molecule has 0 bridgehead atoms. The minimum atomic E-state index is -4.05. The second-order valence-electron chi connectivity index (χ2n) is 4.87. The van der Waals surface area contributed by atoms with Crippen molar-refractivity contribution in [3.05, 3.63) is 63.5 Å². The van der Waals surface area contributed by atoms with Crippen LogP contribution in [0.4, 0.5) is 15.8 Å². The highest BCUT2D eigenvalue weighted by atomic mass is 35.5. The number of benzene rings is 2. The summed E-state index contributed by atoms with van der Waals surface area (Å²) in [7, 11) is -4.05. The van der Waals surface area contributed by atoms with Crippen LogP contribution in [0.25, 0.3) is 10.9 Å². The van der Waals surface area contributed by atoms with Gasteiger partial charge in [-0.1, -0.05) is 11.6 Å². The first kappa shape index (κ1) is 16.2. The first-order chi connectivity index (χ1) is 11.3. The van der Waals surface area contributed by atoms with Gasteiger partial charge < -0.3 is 4.98 Å². The molecule has 0 aliphatic rings. The van der Waals surface area contributed by atoms with Crippen molar-refractivity contribution in [3.8, 4) is 0 Å². The molecule has 7 nitrogen and oxygen atoms in total. The van der Waals surface area contributed by atoms with Gasteiger partial charge in [-0.15, -0.1) is 0 Å². The summed E-state index contributed by atoms with van der Waals surface area (Å²) in [5.74, 6) is -0.678. The highest BCUT2D eigenvalue weighted by Crippen LogP contribution is 2.29. The van der Waals surface area contributed by atoms with E-state index in [1.54, 1.807) is 0 Å². The van der Waals surface area contributed by atoms with Crippen LogP contribution in [0.1, 0.15) is 0 Å². The third-order valence-electron chi connectivity index (χ3n) is 3.30. The number of fused-ring (bicyclic) bond motifs is 1.